The molecule has 0 aromatic heterocycles. The summed E-state index contributed by atoms with van der Waals surface area (Å²) in [6.45, 7) is 4.35. The predicted molar refractivity (Wildman–Crippen MR) is 95.7 cm³/mol. The van der Waals surface area contributed by atoms with E-state index in [0.29, 0.717) is 6.61 Å². The molecule has 134 valence electrons. The lowest BCUT2D eigenvalue weighted by atomic mass is 10.1. The van der Waals surface area contributed by atoms with Crippen LogP contribution in [0.1, 0.15) is 31.0 Å². The Hall–Kier alpha value is -2.38. The summed E-state index contributed by atoms with van der Waals surface area (Å²) >= 11 is 0. The van der Waals surface area contributed by atoms with Gasteiger partial charge in [-0.25, -0.2) is 13.6 Å². The van der Waals surface area contributed by atoms with Gasteiger partial charge in [0.2, 0.25) is 15.9 Å². The molecular formula is C18H22N2O4S. The first-order valence-electron chi connectivity index (χ1n) is 7.93. The number of nitrogens with one attached hydrogen (secondary N) is 1. The zero-order chi connectivity index (χ0) is 18.4. The Morgan fingerprint density at radius 2 is 1.72 bits per heavy atom. The predicted octanol–water partition coefficient (Wildman–Crippen LogP) is 2.15. The standard InChI is InChI=1S/C18H22N2O4S/c1-3-24-16-8-4-14(5-9-16)12-18(21)20-13(2)15-6-10-17(11-7-15)25(19,22)23/h4-11,13H,3,12H2,1-2H3,(H,20,21)(H2,19,22,23). The number of primary sulfonamides is 1. The van der Waals surface area contributed by atoms with Gasteiger partial charge in [-0.15, -0.1) is 0 Å². The molecule has 3 N–H and O–H groups in total. The molecule has 2 rings (SSSR count). The van der Waals surface area contributed by atoms with Gasteiger partial charge in [-0.3, -0.25) is 4.79 Å². The van der Waals surface area contributed by atoms with Crippen LogP contribution in [-0.2, 0) is 21.2 Å². The maximum atomic E-state index is 12.2. The summed E-state index contributed by atoms with van der Waals surface area (Å²) in [4.78, 5) is 12.2. The van der Waals surface area contributed by atoms with Crippen LogP contribution in [0.4, 0.5) is 0 Å². The lowest BCUT2D eigenvalue weighted by Crippen LogP contribution is -2.28. The maximum absolute atomic E-state index is 12.2. The van der Waals surface area contributed by atoms with Gasteiger partial charge in [0.15, 0.2) is 0 Å². The Kier molecular flexibility index (Phi) is 6.17. The summed E-state index contributed by atoms with van der Waals surface area (Å²) in [5.41, 5.74) is 1.69. The summed E-state index contributed by atoms with van der Waals surface area (Å²) in [6.07, 6.45) is 0.256. The van der Waals surface area contributed by atoms with E-state index in [2.05, 4.69) is 5.32 Å². The molecule has 1 atom stereocenters. The monoisotopic (exact) mass is 362 g/mol. The van der Waals surface area contributed by atoms with Crippen LogP contribution in [0, 0.1) is 0 Å². The molecule has 0 saturated heterocycles. The number of hydrogen-bond acceptors (Lipinski definition) is 4. The van der Waals surface area contributed by atoms with Crippen molar-refractivity contribution in [2.24, 2.45) is 5.14 Å². The van der Waals surface area contributed by atoms with Crippen LogP contribution < -0.4 is 15.2 Å². The normalized spacial score (nSPS) is 12.4. The summed E-state index contributed by atoms with van der Waals surface area (Å²) in [6, 6.07) is 13.3. The number of benzene rings is 2. The first kappa shape index (κ1) is 19.0. The van der Waals surface area contributed by atoms with Crippen molar-refractivity contribution in [2.45, 2.75) is 31.2 Å². The Labute approximate surface area is 148 Å². The molecular weight excluding hydrogens is 340 g/mol. The molecule has 0 spiro atoms. The van der Waals surface area contributed by atoms with Gasteiger partial charge < -0.3 is 10.1 Å². The zero-order valence-corrected chi connectivity index (χ0v) is 15.0. The van der Waals surface area contributed by atoms with Crippen molar-refractivity contribution in [1.29, 1.82) is 0 Å². The van der Waals surface area contributed by atoms with Gasteiger partial charge in [-0.1, -0.05) is 24.3 Å². The van der Waals surface area contributed by atoms with Crippen molar-refractivity contribution in [1.82, 2.24) is 5.32 Å². The van der Waals surface area contributed by atoms with Gasteiger partial charge in [0.25, 0.3) is 0 Å². The number of carbonyl (C=O) groups is 1. The Morgan fingerprint density at radius 1 is 1.12 bits per heavy atom. The van der Waals surface area contributed by atoms with E-state index in [1.54, 1.807) is 12.1 Å². The molecule has 0 saturated carbocycles. The van der Waals surface area contributed by atoms with Crippen molar-refractivity contribution in [3.8, 4) is 5.75 Å². The highest BCUT2D eigenvalue weighted by atomic mass is 32.2. The summed E-state index contributed by atoms with van der Waals surface area (Å²) < 4.78 is 27.9. The van der Waals surface area contributed by atoms with E-state index in [1.165, 1.54) is 12.1 Å². The van der Waals surface area contributed by atoms with Gasteiger partial charge in [0, 0.05) is 0 Å². The van der Waals surface area contributed by atoms with Crippen molar-refractivity contribution < 1.29 is 17.9 Å². The Bertz CT molecular complexity index is 815. The van der Waals surface area contributed by atoms with E-state index in [9.17, 15) is 13.2 Å². The van der Waals surface area contributed by atoms with E-state index in [0.717, 1.165) is 16.9 Å². The highest BCUT2D eigenvalue weighted by Crippen LogP contribution is 2.16. The second-order valence-electron chi connectivity index (χ2n) is 5.66. The number of ether oxygens (including phenoxy) is 1. The van der Waals surface area contributed by atoms with Crippen LogP contribution >= 0.6 is 0 Å². The fraction of sp³-hybridized carbons (Fsp3) is 0.278. The summed E-state index contributed by atoms with van der Waals surface area (Å²) in [5.74, 6) is 0.655. The Balaban J connectivity index is 1.95. The molecule has 1 unspecified atom stereocenters. The molecule has 0 radical (unpaired) electrons. The lowest BCUT2D eigenvalue weighted by molar-refractivity contribution is -0.121. The molecule has 1 amide bonds. The van der Waals surface area contributed by atoms with E-state index < -0.39 is 10.0 Å². The number of carbonyl (C=O) groups excluding carboxylic acids is 1. The van der Waals surface area contributed by atoms with Crippen LogP contribution in [0.25, 0.3) is 0 Å². The van der Waals surface area contributed by atoms with Crippen LogP contribution in [0.2, 0.25) is 0 Å². The van der Waals surface area contributed by atoms with E-state index in [1.807, 2.05) is 38.1 Å². The summed E-state index contributed by atoms with van der Waals surface area (Å²) in [5, 5.41) is 7.96. The number of nitrogens with two attached hydrogens (primary N) is 1. The fourth-order valence-electron chi connectivity index (χ4n) is 2.38. The quantitative estimate of drug-likeness (QED) is 0.788. The van der Waals surface area contributed by atoms with Crippen molar-refractivity contribution in [2.75, 3.05) is 6.61 Å². The first-order chi connectivity index (χ1) is 11.8. The molecule has 6 nitrogen and oxygen atoms in total. The number of sulfonamides is 1. The van der Waals surface area contributed by atoms with E-state index in [4.69, 9.17) is 9.88 Å². The van der Waals surface area contributed by atoms with Gasteiger partial charge in [0.1, 0.15) is 5.75 Å². The Morgan fingerprint density at radius 3 is 2.24 bits per heavy atom. The third-order valence-electron chi connectivity index (χ3n) is 3.69. The fourth-order valence-corrected chi connectivity index (χ4v) is 2.89. The van der Waals surface area contributed by atoms with Crippen molar-refractivity contribution in [3.63, 3.8) is 0 Å². The molecule has 2 aromatic carbocycles. The minimum atomic E-state index is -3.71. The molecule has 0 heterocycles. The average Bonchev–Trinajstić information content (AvgIpc) is 2.56. The van der Waals surface area contributed by atoms with Gasteiger partial charge in [0.05, 0.1) is 24.0 Å². The van der Waals surface area contributed by atoms with Gasteiger partial charge in [-0.2, -0.15) is 0 Å². The summed E-state index contributed by atoms with van der Waals surface area (Å²) in [7, 11) is -3.71. The minimum Gasteiger partial charge on any atom is -0.494 e. The highest BCUT2D eigenvalue weighted by Gasteiger charge is 2.12. The molecule has 2 aromatic rings. The van der Waals surface area contributed by atoms with Crippen LogP contribution in [0.15, 0.2) is 53.4 Å². The third kappa shape index (κ3) is 5.58. The molecule has 0 bridgehead atoms. The van der Waals surface area contributed by atoms with Gasteiger partial charge >= 0.3 is 0 Å². The third-order valence-corrected chi connectivity index (χ3v) is 4.61. The SMILES string of the molecule is CCOc1ccc(CC(=O)NC(C)c2ccc(S(N)(=O)=O)cc2)cc1. The zero-order valence-electron chi connectivity index (χ0n) is 14.2. The van der Waals surface area contributed by atoms with Crippen molar-refractivity contribution in [3.05, 3.63) is 59.7 Å². The van der Waals surface area contributed by atoms with Crippen LogP contribution in [0.3, 0.4) is 0 Å². The number of amides is 1. The van der Waals surface area contributed by atoms with E-state index in [-0.39, 0.29) is 23.3 Å². The van der Waals surface area contributed by atoms with Crippen molar-refractivity contribution >= 4 is 15.9 Å². The van der Waals surface area contributed by atoms with Crippen LogP contribution in [0.5, 0.6) is 5.75 Å². The smallest absolute Gasteiger partial charge is 0.238 e. The van der Waals surface area contributed by atoms with Crippen LogP contribution in [-0.4, -0.2) is 20.9 Å². The first-order valence-corrected chi connectivity index (χ1v) is 9.48. The topological polar surface area (TPSA) is 98.5 Å². The van der Waals surface area contributed by atoms with Gasteiger partial charge in [-0.05, 0) is 49.2 Å². The second-order valence-corrected chi connectivity index (χ2v) is 7.22. The highest BCUT2D eigenvalue weighted by molar-refractivity contribution is 7.89. The molecule has 0 aliphatic carbocycles. The molecule has 25 heavy (non-hydrogen) atoms. The maximum Gasteiger partial charge on any atom is 0.238 e. The molecule has 0 fully saturated rings. The number of rotatable bonds is 7. The molecule has 7 heteroatoms. The number of hydrogen-bond donors (Lipinski definition) is 2. The average molecular weight is 362 g/mol. The lowest BCUT2D eigenvalue weighted by Gasteiger charge is -2.15. The molecule has 0 aliphatic rings. The largest absolute Gasteiger partial charge is 0.494 e. The minimum absolute atomic E-state index is 0.0455. The second kappa shape index (κ2) is 8.13. The molecule has 0 aliphatic heterocycles. The van der Waals surface area contributed by atoms with E-state index >= 15 is 0 Å².